The van der Waals surface area contributed by atoms with Gasteiger partial charge in [-0.2, -0.15) is 5.10 Å². The van der Waals surface area contributed by atoms with Crippen molar-refractivity contribution in [1.29, 1.82) is 0 Å². The fraction of sp³-hybridized carbons (Fsp3) is 0.0714. The highest BCUT2D eigenvalue weighted by atomic mass is 32.1. The molecule has 0 aliphatic carbocycles. The molecule has 0 bridgehead atoms. The third-order valence-electron chi connectivity index (χ3n) is 2.95. The molecule has 108 valence electrons. The minimum absolute atomic E-state index is 0.170. The molecular weight excluding hydrogens is 299 g/mol. The monoisotopic (exact) mass is 309 g/mol. The normalized spacial score (nSPS) is 10.8. The van der Waals surface area contributed by atoms with Crippen LogP contribution in [-0.4, -0.2) is 10.2 Å². The highest BCUT2D eigenvalue weighted by Crippen LogP contribution is 2.27. The van der Waals surface area contributed by atoms with Crippen LogP contribution in [0.3, 0.4) is 0 Å². The lowest BCUT2D eigenvalue weighted by molar-refractivity contribution is 0.547. The van der Waals surface area contributed by atoms with Crippen molar-refractivity contribution in [3.05, 3.63) is 58.9 Å². The summed E-state index contributed by atoms with van der Waals surface area (Å²) in [6.45, 7) is 0.170. The van der Waals surface area contributed by atoms with E-state index >= 15 is 0 Å². The zero-order valence-corrected chi connectivity index (χ0v) is 11.5. The van der Waals surface area contributed by atoms with Gasteiger partial charge in [0.25, 0.3) is 0 Å². The van der Waals surface area contributed by atoms with Crippen LogP contribution in [0.2, 0.25) is 0 Å². The van der Waals surface area contributed by atoms with Crippen molar-refractivity contribution in [3.8, 4) is 10.6 Å². The molecule has 7 heteroatoms. The SMILES string of the molecule is Fc1cc(F)c(NCc2cn[nH]c2-c2cccs2)c(F)c1. The van der Waals surface area contributed by atoms with E-state index in [4.69, 9.17) is 0 Å². The number of nitrogens with zero attached hydrogens (tertiary/aromatic N) is 1. The molecule has 0 saturated heterocycles. The van der Waals surface area contributed by atoms with E-state index in [0.717, 1.165) is 16.1 Å². The van der Waals surface area contributed by atoms with E-state index in [1.165, 1.54) is 11.3 Å². The lowest BCUT2D eigenvalue weighted by atomic mass is 10.2. The fourth-order valence-electron chi connectivity index (χ4n) is 1.97. The van der Waals surface area contributed by atoms with Crippen molar-refractivity contribution in [3.63, 3.8) is 0 Å². The topological polar surface area (TPSA) is 40.7 Å². The Bertz CT molecular complexity index is 730. The Kier molecular flexibility index (Phi) is 3.66. The van der Waals surface area contributed by atoms with Gasteiger partial charge in [0, 0.05) is 24.2 Å². The van der Waals surface area contributed by atoms with Gasteiger partial charge in [-0.25, -0.2) is 13.2 Å². The highest BCUT2D eigenvalue weighted by molar-refractivity contribution is 7.13. The van der Waals surface area contributed by atoms with Crippen LogP contribution in [-0.2, 0) is 6.54 Å². The average molecular weight is 309 g/mol. The molecule has 1 aromatic carbocycles. The minimum atomic E-state index is -0.964. The zero-order chi connectivity index (χ0) is 14.8. The molecule has 0 spiro atoms. The summed E-state index contributed by atoms with van der Waals surface area (Å²) in [5.41, 5.74) is 1.20. The molecule has 3 rings (SSSR count). The third-order valence-corrected chi connectivity index (χ3v) is 3.84. The van der Waals surface area contributed by atoms with Gasteiger partial charge in [-0.3, -0.25) is 5.10 Å². The summed E-state index contributed by atoms with van der Waals surface area (Å²) in [5.74, 6) is -2.87. The Morgan fingerprint density at radius 2 is 1.95 bits per heavy atom. The summed E-state index contributed by atoms with van der Waals surface area (Å²) in [5, 5.41) is 11.4. The van der Waals surface area contributed by atoms with Crippen LogP contribution in [0.5, 0.6) is 0 Å². The number of aromatic nitrogens is 2. The van der Waals surface area contributed by atoms with Crippen LogP contribution in [0.4, 0.5) is 18.9 Å². The predicted octanol–water partition coefficient (Wildman–Crippen LogP) is 4.17. The Labute approximate surface area is 122 Å². The first kappa shape index (κ1) is 13.7. The molecule has 0 amide bonds. The molecular formula is C14H10F3N3S. The number of aromatic amines is 1. The maximum atomic E-state index is 13.5. The molecule has 3 aromatic rings. The van der Waals surface area contributed by atoms with Crippen LogP contribution in [0.25, 0.3) is 10.6 Å². The number of hydrogen-bond acceptors (Lipinski definition) is 3. The molecule has 0 atom stereocenters. The van der Waals surface area contributed by atoms with Crippen molar-refractivity contribution in [2.75, 3.05) is 5.32 Å². The largest absolute Gasteiger partial charge is 0.376 e. The lowest BCUT2D eigenvalue weighted by Crippen LogP contribution is -2.04. The van der Waals surface area contributed by atoms with Crippen molar-refractivity contribution < 1.29 is 13.2 Å². The molecule has 0 radical (unpaired) electrons. The van der Waals surface area contributed by atoms with Gasteiger partial charge in [0.15, 0.2) is 11.6 Å². The van der Waals surface area contributed by atoms with Crippen molar-refractivity contribution in [2.45, 2.75) is 6.54 Å². The third kappa shape index (κ3) is 2.78. The summed E-state index contributed by atoms with van der Waals surface area (Å²) in [4.78, 5) is 0.976. The molecule has 2 aromatic heterocycles. The second-order valence-corrected chi connectivity index (χ2v) is 5.29. The van der Waals surface area contributed by atoms with Gasteiger partial charge in [-0.15, -0.1) is 11.3 Å². The van der Waals surface area contributed by atoms with Crippen LogP contribution in [0.15, 0.2) is 35.8 Å². The first-order valence-corrected chi connectivity index (χ1v) is 6.97. The molecule has 0 aliphatic rings. The summed E-state index contributed by atoms with van der Waals surface area (Å²) in [6, 6.07) is 5.10. The number of rotatable bonds is 4. The van der Waals surface area contributed by atoms with Gasteiger partial charge >= 0.3 is 0 Å². The number of H-pyrrole nitrogens is 1. The van der Waals surface area contributed by atoms with Gasteiger partial charge < -0.3 is 5.32 Å². The van der Waals surface area contributed by atoms with Gasteiger partial charge in [0.2, 0.25) is 0 Å². The molecule has 2 N–H and O–H groups in total. The van der Waals surface area contributed by atoms with Crippen LogP contribution >= 0.6 is 11.3 Å². The van der Waals surface area contributed by atoms with E-state index in [1.807, 2.05) is 17.5 Å². The Balaban J connectivity index is 1.82. The molecule has 2 heterocycles. The van der Waals surface area contributed by atoms with E-state index < -0.39 is 17.5 Å². The molecule has 0 fully saturated rings. The summed E-state index contributed by atoms with van der Waals surface area (Å²) >= 11 is 1.53. The maximum Gasteiger partial charge on any atom is 0.152 e. The second-order valence-electron chi connectivity index (χ2n) is 4.35. The zero-order valence-electron chi connectivity index (χ0n) is 10.7. The van der Waals surface area contributed by atoms with Crippen molar-refractivity contribution in [2.24, 2.45) is 0 Å². The number of nitrogens with one attached hydrogen (secondary N) is 2. The van der Waals surface area contributed by atoms with Crippen LogP contribution in [0, 0.1) is 17.5 Å². The molecule has 3 nitrogen and oxygen atoms in total. The summed E-state index contributed by atoms with van der Waals surface area (Å²) in [7, 11) is 0. The highest BCUT2D eigenvalue weighted by Gasteiger charge is 2.13. The number of halogens is 3. The first-order chi connectivity index (χ1) is 10.1. The van der Waals surface area contributed by atoms with Crippen molar-refractivity contribution >= 4 is 17.0 Å². The van der Waals surface area contributed by atoms with Gasteiger partial charge in [-0.05, 0) is 11.4 Å². The Morgan fingerprint density at radius 1 is 1.19 bits per heavy atom. The van der Waals surface area contributed by atoms with Crippen LogP contribution < -0.4 is 5.32 Å². The molecule has 0 saturated carbocycles. The molecule has 0 aliphatic heterocycles. The Morgan fingerprint density at radius 3 is 2.62 bits per heavy atom. The lowest BCUT2D eigenvalue weighted by Gasteiger charge is -2.09. The summed E-state index contributed by atoms with van der Waals surface area (Å²) < 4.78 is 40.0. The number of anilines is 1. The van der Waals surface area contributed by atoms with Gasteiger partial charge in [-0.1, -0.05) is 6.07 Å². The quantitative estimate of drug-likeness (QED) is 0.759. The van der Waals surface area contributed by atoms with Gasteiger partial charge in [0.1, 0.15) is 11.5 Å². The Hall–Kier alpha value is -2.28. The smallest absolute Gasteiger partial charge is 0.152 e. The average Bonchev–Trinajstić information content (AvgIpc) is 3.07. The van der Waals surface area contributed by atoms with E-state index in [9.17, 15) is 13.2 Å². The van der Waals surface area contributed by atoms with Crippen molar-refractivity contribution in [1.82, 2.24) is 10.2 Å². The minimum Gasteiger partial charge on any atom is -0.376 e. The molecule has 21 heavy (non-hydrogen) atoms. The van der Waals surface area contributed by atoms with E-state index in [-0.39, 0.29) is 12.2 Å². The predicted molar refractivity (Wildman–Crippen MR) is 75.5 cm³/mol. The molecule has 0 unspecified atom stereocenters. The van der Waals surface area contributed by atoms with E-state index in [2.05, 4.69) is 15.5 Å². The fourth-order valence-corrected chi connectivity index (χ4v) is 2.73. The van der Waals surface area contributed by atoms with E-state index in [0.29, 0.717) is 12.1 Å². The van der Waals surface area contributed by atoms with Crippen LogP contribution in [0.1, 0.15) is 5.56 Å². The first-order valence-electron chi connectivity index (χ1n) is 6.09. The number of benzene rings is 1. The standard InChI is InChI=1S/C14H10F3N3S/c15-9-4-10(16)14(11(17)5-9)18-6-8-7-19-20-13(8)12-2-1-3-21-12/h1-5,7,18H,6H2,(H,19,20). The summed E-state index contributed by atoms with van der Waals surface area (Å²) in [6.07, 6.45) is 1.58. The number of thiophene rings is 1. The maximum absolute atomic E-state index is 13.5. The van der Waals surface area contributed by atoms with E-state index in [1.54, 1.807) is 6.20 Å². The van der Waals surface area contributed by atoms with Gasteiger partial charge in [0.05, 0.1) is 16.8 Å². The second kappa shape index (κ2) is 5.61. The number of hydrogen-bond donors (Lipinski definition) is 2.